The van der Waals surface area contributed by atoms with Crippen LogP contribution in [-0.4, -0.2) is 25.2 Å². The van der Waals surface area contributed by atoms with Crippen LogP contribution in [0.1, 0.15) is 0 Å². The van der Waals surface area contributed by atoms with Gasteiger partial charge in [0.1, 0.15) is 4.90 Å². The van der Waals surface area contributed by atoms with E-state index >= 15 is 0 Å². The summed E-state index contributed by atoms with van der Waals surface area (Å²) >= 11 is 0. The van der Waals surface area contributed by atoms with Gasteiger partial charge in [-0.1, -0.05) is 0 Å². The Bertz CT molecular complexity index is 380. The first kappa shape index (κ1) is 9.01. The van der Waals surface area contributed by atoms with Gasteiger partial charge in [0, 0.05) is 13.2 Å². The van der Waals surface area contributed by atoms with Gasteiger partial charge >= 0.3 is 0 Å². The lowest BCUT2D eigenvalue weighted by Gasteiger charge is -1.97. The van der Waals surface area contributed by atoms with Crippen molar-refractivity contribution < 1.29 is 8.42 Å². The second-order valence-corrected chi connectivity index (χ2v) is 4.11. The van der Waals surface area contributed by atoms with E-state index < -0.39 is 10.0 Å². The van der Waals surface area contributed by atoms with Crippen LogP contribution >= 0.6 is 0 Å². The first-order valence-corrected chi connectivity index (χ1v) is 4.68. The Labute approximate surface area is 70.4 Å². The van der Waals surface area contributed by atoms with Crippen LogP contribution in [0.2, 0.25) is 0 Å². The molecule has 0 atom stereocenters. The zero-order valence-corrected chi connectivity index (χ0v) is 7.59. The quantitative estimate of drug-likeness (QED) is 0.620. The average Bonchev–Trinajstić information content (AvgIpc) is 2.31. The van der Waals surface area contributed by atoms with Crippen LogP contribution in [0.15, 0.2) is 11.1 Å². The summed E-state index contributed by atoms with van der Waals surface area (Å²) in [5.41, 5.74) is 5.35. The van der Waals surface area contributed by atoms with E-state index in [0.29, 0.717) is 0 Å². The van der Waals surface area contributed by atoms with Crippen LogP contribution in [-0.2, 0) is 17.1 Å². The lowest BCUT2D eigenvalue weighted by atomic mass is 10.7. The van der Waals surface area contributed by atoms with E-state index in [1.54, 1.807) is 7.05 Å². The summed E-state index contributed by atoms with van der Waals surface area (Å²) in [6.07, 6.45) is 1.35. The van der Waals surface area contributed by atoms with Gasteiger partial charge in [-0.2, -0.15) is 5.10 Å². The summed E-state index contributed by atoms with van der Waals surface area (Å²) in [4.78, 5) is 0.00694. The Kier molecular flexibility index (Phi) is 2.07. The number of nitrogens with zero attached hydrogens (tertiary/aromatic N) is 2. The van der Waals surface area contributed by atoms with E-state index in [1.165, 1.54) is 17.9 Å². The van der Waals surface area contributed by atoms with Crippen LogP contribution in [0.3, 0.4) is 0 Å². The van der Waals surface area contributed by atoms with Gasteiger partial charge in [-0.05, 0) is 7.05 Å². The highest BCUT2D eigenvalue weighted by molar-refractivity contribution is 7.89. The third-order valence-electron chi connectivity index (χ3n) is 1.38. The van der Waals surface area contributed by atoms with Crippen molar-refractivity contribution in [2.24, 2.45) is 7.05 Å². The van der Waals surface area contributed by atoms with Gasteiger partial charge in [0.2, 0.25) is 10.0 Å². The molecule has 0 amide bonds. The van der Waals surface area contributed by atoms with E-state index in [2.05, 4.69) is 9.82 Å². The summed E-state index contributed by atoms with van der Waals surface area (Å²) < 4.78 is 25.9. The summed E-state index contributed by atoms with van der Waals surface area (Å²) in [6, 6.07) is 0. The lowest BCUT2D eigenvalue weighted by Crippen LogP contribution is -2.19. The smallest absolute Gasteiger partial charge is 0.245 e. The van der Waals surface area contributed by atoms with Crippen LogP contribution in [0.4, 0.5) is 5.82 Å². The minimum Gasteiger partial charge on any atom is -0.381 e. The van der Waals surface area contributed by atoms with Gasteiger partial charge in [-0.25, -0.2) is 13.1 Å². The molecule has 1 heterocycles. The topological polar surface area (TPSA) is 90.0 Å². The molecule has 0 aromatic carbocycles. The SMILES string of the molecule is CNS(=O)(=O)c1cn(C)nc1N. The minimum atomic E-state index is -3.47. The number of hydrogen-bond donors (Lipinski definition) is 2. The van der Waals surface area contributed by atoms with Crippen molar-refractivity contribution in [2.75, 3.05) is 12.8 Å². The van der Waals surface area contributed by atoms with Gasteiger partial charge in [0.25, 0.3) is 0 Å². The van der Waals surface area contributed by atoms with Gasteiger partial charge in [-0.15, -0.1) is 0 Å². The number of aromatic nitrogens is 2. The Morgan fingerprint density at radius 3 is 2.58 bits per heavy atom. The zero-order chi connectivity index (χ0) is 9.35. The van der Waals surface area contributed by atoms with Crippen molar-refractivity contribution in [1.29, 1.82) is 0 Å². The van der Waals surface area contributed by atoms with Crippen molar-refractivity contribution >= 4 is 15.8 Å². The molecule has 0 aliphatic heterocycles. The van der Waals surface area contributed by atoms with Gasteiger partial charge in [-0.3, -0.25) is 4.68 Å². The van der Waals surface area contributed by atoms with E-state index in [4.69, 9.17) is 5.73 Å². The highest BCUT2D eigenvalue weighted by Gasteiger charge is 2.17. The predicted molar refractivity (Wildman–Crippen MR) is 43.9 cm³/mol. The average molecular weight is 190 g/mol. The number of aryl methyl sites for hydroxylation is 1. The molecule has 0 bridgehead atoms. The first-order chi connectivity index (χ1) is 5.47. The van der Waals surface area contributed by atoms with Crippen LogP contribution in [0, 0.1) is 0 Å². The fourth-order valence-electron chi connectivity index (χ4n) is 0.801. The van der Waals surface area contributed by atoms with E-state index in [9.17, 15) is 8.42 Å². The predicted octanol–water partition coefficient (Wildman–Crippen LogP) is -1.09. The third kappa shape index (κ3) is 1.41. The molecule has 0 saturated heterocycles. The lowest BCUT2D eigenvalue weighted by molar-refractivity contribution is 0.588. The number of sulfonamides is 1. The Morgan fingerprint density at radius 1 is 1.67 bits per heavy atom. The highest BCUT2D eigenvalue weighted by atomic mass is 32.2. The van der Waals surface area contributed by atoms with Crippen molar-refractivity contribution in [2.45, 2.75) is 4.90 Å². The van der Waals surface area contributed by atoms with Crippen LogP contribution in [0.25, 0.3) is 0 Å². The summed E-state index contributed by atoms with van der Waals surface area (Å²) in [5, 5.41) is 3.70. The Morgan fingerprint density at radius 2 is 2.25 bits per heavy atom. The van der Waals surface area contributed by atoms with Crippen LogP contribution in [0.5, 0.6) is 0 Å². The number of nitrogens with one attached hydrogen (secondary N) is 1. The molecule has 0 unspecified atom stereocenters. The summed E-state index contributed by atoms with van der Waals surface area (Å²) in [7, 11) is -0.543. The minimum absolute atomic E-state index is 0.00634. The fourth-order valence-corrected chi connectivity index (χ4v) is 1.63. The fraction of sp³-hybridized carbons (Fsp3) is 0.400. The molecule has 0 aliphatic rings. The molecule has 68 valence electrons. The third-order valence-corrected chi connectivity index (χ3v) is 2.81. The molecule has 1 aromatic heterocycles. The second kappa shape index (κ2) is 2.76. The van der Waals surface area contributed by atoms with Gasteiger partial charge in [0.15, 0.2) is 5.82 Å². The molecule has 6 nitrogen and oxygen atoms in total. The molecule has 0 spiro atoms. The number of rotatable bonds is 2. The molecule has 0 aliphatic carbocycles. The molecule has 0 saturated carbocycles. The summed E-state index contributed by atoms with van der Waals surface area (Å²) in [6.45, 7) is 0. The maximum absolute atomic E-state index is 11.2. The number of hydrogen-bond acceptors (Lipinski definition) is 4. The standard InChI is InChI=1S/C5H10N4O2S/c1-7-12(10,11)4-3-9(2)8-5(4)6/h3,7H,1-2H3,(H2,6,8). The monoisotopic (exact) mass is 190 g/mol. The Hall–Kier alpha value is -1.08. The zero-order valence-electron chi connectivity index (χ0n) is 6.77. The number of nitrogen functional groups attached to an aromatic ring is 1. The van der Waals surface area contributed by atoms with Crippen molar-refractivity contribution in [1.82, 2.24) is 14.5 Å². The first-order valence-electron chi connectivity index (χ1n) is 3.20. The Balaban J connectivity index is 3.29. The largest absolute Gasteiger partial charge is 0.381 e. The molecule has 1 aromatic rings. The molecular weight excluding hydrogens is 180 g/mol. The molecule has 12 heavy (non-hydrogen) atoms. The van der Waals surface area contributed by atoms with E-state index in [0.717, 1.165) is 0 Å². The number of nitrogens with two attached hydrogens (primary N) is 1. The van der Waals surface area contributed by atoms with Crippen molar-refractivity contribution in [3.8, 4) is 0 Å². The molecule has 3 N–H and O–H groups in total. The maximum Gasteiger partial charge on any atom is 0.245 e. The van der Waals surface area contributed by atoms with Gasteiger partial charge < -0.3 is 5.73 Å². The van der Waals surface area contributed by atoms with E-state index in [-0.39, 0.29) is 10.7 Å². The second-order valence-electron chi connectivity index (χ2n) is 2.26. The van der Waals surface area contributed by atoms with Crippen molar-refractivity contribution in [3.63, 3.8) is 0 Å². The molecule has 7 heteroatoms. The molecule has 0 fully saturated rings. The molecule has 1 rings (SSSR count). The highest BCUT2D eigenvalue weighted by Crippen LogP contribution is 2.13. The maximum atomic E-state index is 11.2. The molecule has 0 radical (unpaired) electrons. The summed E-state index contributed by atoms with van der Waals surface area (Å²) in [5.74, 6) is 0.00634. The molecular formula is C5H10N4O2S. The van der Waals surface area contributed by atoms with Crippen LogP contribution < -0.4 is 10.5 Å². The normalized spacial score (nSPS) is 11.8. The van der Waals surface area contributed by atoms with Crippen molar-refractivity contribution in [3.05, 3.63) is 6.20 Å². The van der Waals surface area contributed by atoms with Gasteiger partial charge in [0.05, 0.1) is 0 Å². The number of anilines is 1. The van der Waals surface area contributed by atoms with E-state index in [1.807, 2.05) is 0 Å².